The van der Waals surface area contributed by atoms with E-state index in [1.165, 1.54) is 6.42 Å². The number of aromatic carboxylic acids is 1. The second-order valence-electron chi connectivity index (χ2n) is 4.22. The summed E-state index contributed by atoms with van der Waals surface area (Å²) in [6, 6.07) is 1.93. The molecule has 0 amide bonds. The third kappa shape index (κ3) is 6.31. The van der Waals surface area contributed by atoms with Crippen molar-refractivity contribution in [2.75, 3.05) is 10.5 Å². The van der Waals surface area contributed by atoms with Gasteiger partial charge in [0.2, 0.25) is 10.0 Å². The average Bonchev–Trinajstić information content (AvgIpc) is 2.33. The molecule has 1 aromatic carbocycles. The van der Waals surface area contributed by atoms with E-state index in [4.69, 9.17) is 16.7 Å². The van der Waals surface area contributed by atoms with Crippen LogP contribution in [0, 0.1) is 5.82 Å². The van der Waals surface area contributed by atoms with E-state index in [1.807, 2.05) is 0 Å². The molecule has 8 heteroatoms. The Bertz CT molecular complexity index is 590. The highest BCUT2D eigenvalue weighted by Crippen LogP contribution is 2.29. The summed E-state index contributed by atoms with van der Waals surface area (Å²) in [6.07, 6.45) is 1.64. The Kier molecular flexibility index (Phi) is 8.27. The van der Waals surface area contributed by atoms with Gasteiger partial charge in [-0.15, -0.1) is 0 Å². The van der Waals surface area contributed by atoms with Crippen LogP contribution < -0.4 is 4.72 Å². The molecule has 1 aromatic rings. The summed E-state index contributed by atoms with van der Waals surface area (Å²) in [6.45, 7) is 5.92. The van der Waals surface area contributed by atoms with Crippen LogP contribution in [0.15, 0.2) is 12.1 Å². The van der Waals surface area contributed by atoms with E-state index >= 15 is 0 Å². The number of rotatable bonds is 5. The second-order valence-corrected chi connectivity index (χ2v) is 6.44. The smallest absolute Gasteiger partial charge is 0.340 e. The van der Waals surface area contributed by atoms with Crippen molar-refractivity contribution < 1.29 is 22.7 Å². The topological polar surface area (TPSA) is 83.5 Å². The maximum absolute atomic E-state index is 13.2. The lowest BCUT2D eigenvalue weighted by Crippen LogP contribution is -2.17. The number of nitrogens with one attached hydrogen (secondary N) is 1. The van der Waals surface area contributed by atoms with Crippen LogP contribution in [0.5, 0.6) is 0 Å². The van der Waals surface area contributed by atoms with Gasteiger partial charge >= 0.3 is 5.97 Å². The predicted octanol–water partition coefficient (Wildman–Crippen LogP) is 3.75. The first-order valence-electron chi connectivity index (χ1n) is 6.41. The van der Waals surface area contributed by atoms with E-state index in [1.54, 1.807) is 6.92 Å². The van der Waals surface area contributed by atoms with Crippen LogP contribution in [0.1, 0.15) is 44.0 Å². The Morgan fingerprint density at radius 1 is 1.33 bits per heavy atom. The van der Waals surface area contributed by atoms with E-state index < -0.39 is 32.4 Å². The minimum Gasteiger partial charge on any atom is -0.478 e. The van der Waals surface area contributed by atoms with Gasteiger partial charge in [-0.25, -0.2) is 17.6 Å². The van der Waals surface area contributed by atoms with E-state index in [0.717, 1.165) is 12.1 Å². The molecule has 0 aromatic heterocycles. The highest BCUT2D eigenvalue weighted by molar-refractivity contribution is 7.92. The van der Waals surface area contributed by atoms with Crippen molar-refractivity contribution in [2.24, 2.45) is 0 Å². The summed E-state index contributed by atoms with van der Waals surface area (Å²) >= 11 is 5.67. The van der Waals surface area contributed by atoms with Crippen molar-refractivity contribution in [1.82, 2.24) is 0 Å². The highest BCUT2D eigenvalue weighted by Gasteiger charge is 2.20. The maximum atomic E-state index is 13.2. The SMILES string of the molecule is CCC.CCCS(=O)(=O)Nc1ccc(F)c(C(=O)O)c1Cl. The number of carboxylic acids is 1. The third-order valence-corrected chi connectivity index (χ3v) is 3.91. The fourth-order valence-corrected chi connectivity index (χ4v) is 2.80. The van der Waals surface area contributed by atoms with Crippen molar-refractivity contribution in [3.8, 4) is 0 Å². The molecule has 0 aliphatic carbocycles. The molecule has 0 aliphatic heterocycles. The van der Waals surface area contributed by atoms with Gasteiger partial charge in [-0.1, -0.05) is 38.8 Å². The van der Waals surface area contributed by atoms with Crippen molar-refractivity contribution >= 4 is 33.3 Å². The molecule has 0 fully saturated rings. The minimum absolute atomic E-state index is 0.136. The summed E-state index contributed by atoms with van der Waals surface area (Å²) in [7, 11) is -3.61. The van der Waals surface area contributed by atoms with Crippen LogP contribution in [0.3, 0.4) is 0 Å². The molecule has 0 radical (unpaired) electrons. The van der Waals surface area contributed by atoms with Crippen molar-refractivity contribution in [1.29, 1.82) is 0 Å². The number of hydrogen-bond donors (Lipinski definition) is 2. The zero-order valence-corrected chi connectivity index (χ0v) is 13.7. The van der Waals surface area contributed by atoms with Gasteiger partial charge in [0.25, 0.3) is 0 Å². The Balaban J connectivity index is 0.00000122. The number of halogens is 2. The predicted molar refractivity (Wildman–Crippen MR) is 82.0 cm³/mol. The van der Waals surface area contributed by atoms with Crippen LogP contribution in [-0.4, -0.2) is 25.2 Å². The van der Waals surface area contributed by atoms with Crippen molar-refractivity contribution in [2.45, 2.75) is 33.6 Å². The van der Waals surface area contributed by atoms with Crippen LogP contribution in [0.2, 0.25) is 5.02 Å². The first kappa shape index (κ1) is 19.7. The molecule has 0 aliphatic rings. The van der Waals surface area contributed by atoms with Crippen molar-refractivity contribution in [3.05, 3.63) is 28.5 Å². The number of anilines is 1. The zero-order valence-electron chi connectivity index (χ0n) is 12.1. The Hall–Kier alpha value is -1.34. The number of hydrogen-bond acceptors (Lipinski definition) is 3. The van der Waals surface area contributed by atoms with E-state index in [9.17, 15) is 17.6 Å². The fourth-order valence-electron chi connectivity index (χ4n) is 1.31. The largest absolute Gasteiger partial charge is 0.478 e. The van der Waals surface area contributed by atoms with Gasteiger partial charge < -0.3 is 5.11 Å². The molecule has 1 rings (SSSR count). The summed E-state index contributed by atoms with van der Waals surface area (Å²) in [4.78, 5) is 10.8. The van der Waals surface area contributed by atoms with Gasteiger partial charge in [0.1, 0.15) is 11.4 Å². The molecule has 0 unspecified atom stereocenters. The Morgan fingerprint density at radius 3 is 2.29 bits per heavy atom. The maximum Gasteiger partial charge on any atom is 0.340 e. The first-order valence-corrected chi connectivity index (χ1v) is 8.44. The van der Waals surface area contributed by atoms with Gasteiger partial charge in [0.15, 0.2) is 0 Å². The molecule has 5 nitrogen and oxygen atoms in total. The quantitative estimate of drug-likeness (QED) is 0.855. The third-order valence-electron chi connectivity index (χ3n) is 2.04. The Morgan fingerprint density at radius 2 is 1.86 bits per heavy atom. The van der Waals surface area contributed by atoms with Gasteiger partial charge in [-0.3, -0.25) is 4.72 Å². The van der Waals surface area contributed by atoms with E-state index in [2.05, 4.69) is 18.6 Å². The van der Waals surface area contributed by atoms with Gasteiger partial charge in [0.05, 0.1) is 16.5 Å². The monoisotopic (exact) mass is 339 g/mol. The average molecular weight is 340 g/mol. The molecule has 21 heavy (non-hydrogen) atoms. The molecule has 0 atom stereocenters. The van der Waals surface area contributed by atoms with Crippen LogP contribution in [0.4, 0.5) is 10.1 Å². The van der Waals surface area contributed by atoms with Gasteiger partial charge in [0, 0.05) is 0 Å². The summed E-state index contributed by atoms with van der Waals surface area (Å²) in [5.74, 6) is -2.72. The highest BCUT2D eigenvalue weighted by atomic mass is 35.5. The van der Waals surface area contributed by atoms with Gasteiger partial charge in [-0.05, 0) is 18.6 Å². The standard InChI is InChI=1S/C10H11ClFNO4S.C3H8/c1-2-5-18(16,17)13-7-4-3-6(12)8(9(7)11)10(14)15;1-3-2/h3-4,13H,2,5H2,1H3,(H,14,15);3H2,1-2H3. The van der Waals surface area contributed by atoms with E-state index in [-0.39, 0.29) is 11.4 Å². The number of benzene rings is 1. The lowest BCUT2D eigenvalue weighted by molar-refractivity contribution is 0.0692. The molecular weight excluding hydrogens is 321 g/mol. The molecule has 0 spiro atoms. The number of carboxylic acid groups (broad SMARTS) is 1. The first-order chi connectivity index (χ1) is 9.70. The molecule has 0 saturated carbocycles. The summed E-state index contributed by atoms with van der Waals surface area (Å²) in [5, 5.41) is 8.30. The number of sulfonamides is 1. The molecular formula is C13H19ClFNO4S. The zero-order chi connectivity index (χ0) is 16.6. The lowest BCUT2D eigenvalue weighted by atomic mass is 10.2. The van der Waals surface area contributed by atoms with Gasteiger partial charge in [-0.2, -0.15) is 0 Å². The Labute approximate surface area is 129 Å². The molecule has 120 valence electrons. The molecule has 2 N–H and O–H groups in total. The summed E-state index contributed by atoms with van der Waals surface area (Å²) < 4.78 is 38.4. The molecule has 0 heterocycles. The number of carbonyl (C=O) groups is 1. The van der Waals surface area contributed by atoms with Crippen molar-refractivity contribution in [3.63, 3.8) is 0 Å². The van der Waals surface area contributed by atoms with Crippen LogP contribution in [-0.2, 0) is 10.0 Å². The van der Waals surface area contributed by atoms with Crippen LogP contribution in [0.25, 0.3) is 0 Å². The normalized spacial score (nSPS) is 10.5. The fraction of sp³-hybridized carbons (Fsp3) is 0.462. The van der Waals surface area contributed by atoms with Crippen LogP contribution >= 0.6 is 11.6 Å². The molecule has 0 bridgehead atoms. The minimum atomic E-state index is -3.61. The second kappa shape index (κ2) is 8.84. The molecule has 0 saturated heterocycles. The lowest BCUT2D eigenvalue weighted by Gasteiger charge is -2.10. The van der Waals surface area contributed by atoms with E-state index in [0.29, 0.717) is 6.42 Å². The summed E-state index contributed by atoms with van der Waals surface area (Å²) in [5.41, 5.74) is -0.905.